The van der Waals surface area contributed by atoms with Crippen molar-refractivity contribution in [1.82, 2.24) is 0 Å². The fourth-order valence-electron chi connectivity index (χ4n) is 3.00. The molecule has 7 nitrogen and oxygen atoms in total. The second-order valence-corrected chi connectivity index (χ2v) is 6.61. The van der Waals surface area contributed by atoms with Gasteiger partial charge in [0, 0.05) is 25.5 Å². The normalized spacial score (nSPS) is 28.5. The zero-order valence-corrected chi connectivity index (χ0v) is 15.5. The van der Waals surface area contributed by atoms with E-state index in [9.17, 15) is 14.7 Å². The van der Waals surface area contributed by atoms with Crippen LogP contribution in [0, 0.1) is 5.41 Å². The number of hydrogen-bond acceptors (Lipinski definition) is 7. The lowest BCUT2D eigenvalue weighted by Gasteiger charge is -2.52. The van der Waals surface area contributed by atoms with Crippen molar-refractivity contribution in [2.75, 3.05) is 20.8 Å². The number of ether oxygens (including phenoxy) is 4. The van der Waals surface area contributed by atoms with Crippen LogP contribution in [0.2, 0.25) is 0 Å². The lowest BCUT2D eigenvalue weighted by Crippen LogP contribution is -2.64. The van der Waals surface area contributed by atoms with Gasteiger partial charge < -0.3 is 24.1 Å². The molecule has 1 saturated heterocycles. The molecule has 1 aliphatic rings. The molecule has 3 atom stereocenters. The molecular formula is C18H28O7. The van der Waals surface area contributed by atoms with Crippen LogP contribution in [0.3, 0.4) is 0 Å². The number of hydrogen-bond donors (Lipinski definition) is 1. The van der Waals surface area contributed by atoms with Crippen LogP contribution in [0.25, 0.3) is 0 Å². The molecule has 1 rings (SSSR count). The van der Waals surface area contributed by atoms with Crippen LogP contribution in [0.4, 0.5) is 0 Å². The molecule has 142 valence electrons. The molecule has 25 heavy (non-hydrogen) atoms. The van der Waals surface area contributed by atoms with Gasteiger partial charge in [-0.15, -0.1) is 6.58 Å². The van der Waals surface area contributed by atoms with Crippen LogP contribution in [-0.4, -0.2) is 55.9 Å². The maximum Gasteiger partial charge on any atom is 0.330 e. The van der Waals surface area contributed by atoms with Gasteiger partial charge in [0.05, 0.1) is 19.8 Å². The number of esters is 2. The molecule has 1 aliphatic heterocycles. The van der Waals surface area contributed by atoms with Gasteiger partial charge in [-0.3, -0.25) is 4.79 Å². The van der Waals surface area contributed by atoms with Crippen molar-refractivity contribution in [3.63, 3.8) is 0 Å². The maximum absolute atomic E-state index is 11.8. The summed E-state index contributed by atoms with van der Waals surface area (Å²) in [5.74, 6) is -2.60. The standard InChI is InChI=1S/C18H28O7/c1-7-8-14-9-13(10-15(21)22-5)16(24-12(2)20)18(23-6,25-14)17(3,4)11-19/h7,10,14,16,19H,1,8-9,11H2,2-6H3/b13-10+/t14-,16+,18-/m1/s1. The van der Waals surface area contributed by atoms with E-state index >= 15 is 0 Å². The lowest BCUT2D eigenvalue weighted by atomic mass is 9.75. The van der Waals surface area contributed by atoms with E-state index in [2.05, 4.69) is 6.58 Å². The lowest BCUT2D eigenvalue weighted by molar-refractivity contribution is -0.348. The predicted octanol–water partition coefficient (Wildman–Crippen LogP) is 1.74. The van der Waals surface area contributed by atoms with Crippen LogP contribution >= 0.6 is 0 Å². The molecule has 1 N–H and O–H groups in total. The third kappa shape index (κ3) is 4.48. The zero-order valence-electron chi connectivity index (χ0n) is 15.5. The van der Waals surface area contributed by atoms with E-state index < -0.39 is 29.2 Å². The largest absolute Gasteiger partial charge is 0.466 e. The zero-order chi connectivity index (χ0) is 19.3. The minimum atomic E-state index is -1.47. The van der Waals surface area contributed by atoms with Gasteiger partial charge in [0.2, 0.25) is 5.79 Å². The summed E-state index contributed by atoms with van der Waals surface area (Å²) in [6, 6.07) is 0. The van der Waals surface area contributed by atoms with Crippen LogP contribution in [0.1, 0.15) is 33.6 Å². The van der Waals surface area contributed by atoms with Crippen molar-refractivity contribution in [3.05, 3.63) is 24.3 Å². The van der Waals surface area contributed by atoms with Crippen molar-refractivity contribution in [3.8, 4) is 0 Å². The first-order valence-electron chi connectivity index (χ1n) is 8.07. The van der Waals surface area contributed by atoms with Crippen LogP contribution in [0.5, 0.6) is 0 Å². The summed E-state index contributed by atoms with van der Waals surface area (Å²) in [6.45, 7) is 8.16. The number of aliphatic hydroxyl groups excluding tert-OH is 1. The molecular weight excluding hydrogens is 328 g/mol. The Bertz CT molecular complexity index is 538. The van der Waals surface area contributed by atoms with Gasteiger partial charge in [-0.2, -0.15) is 0 Å². The average Bonchev–Trinajstić information content (AvgIpc) is 2.56. The topological polar surface area (TPSA) is 91.3 Å². The monoisotopic (exact) mass is 356 g/mol. The summed E-state index contributed by atoms with van der Waals surface area (Å²) >= 11 is 0. The summed E-state index contributed by atoms with van der Waals surface area (Å²) < 4.78 is 22.0. The molecule has 0 amide bonds. The molecule has 0 aromatic heterocycles. The Hall–Kier alpha value is -1.70. The van der Waals surface area contributed by atoms with Crippen molar-refractivity contribution in [2.45, 2.75) is 51.6 Å². The summed E-state index contributed by atoms with van der Waals surface area (Å²) in [7, 11) is 2.68. The highest BCUT2D eigenvalue weighted by Gasteiger charge is 2.59. The quantitative estimate of drug-likeness (QED) is 0.422. The van der Waals surface area contributed by atoms with Crippen molar-refractivity contribution < 1.29 is 33.6 Å². The molecule has 0 saturated carbocycles. The second kappa shape index (κ2) is 8.60. The highest BCUT2D eigenvalue weighted by atomic mass is 16.7. The minimum Gasteiger partial charge on any atom is -0.466 e. The molecule has 0 aromatic carbocycles. The Labute approximate surface area is 148 Å². The summed E-state index contributed by atoms with van der Waals surface area (Å²) in [6.07, 6.45) is 2.46. The smallest absolute Gasteiger partial charge is 0.330 e. The Morgan fingerprint density at radius 1 is 1.44 bits per heavy atom. The first kappa shape index (κ1) is 21.3. The minimum absolute atomic E-state index is 0.287. The van der Waals surface area contributed by atoms with Gasteiger partial charge in [-0.05, 0) is 18.4 Å². The second-order valence-electron chi connectivity index (χ2n) is 6.61. The first-order valence-corrected chi connectivity index (χ1v) is 8.07. The molecule has 1 fully saturated rings. The molecule has 0 bridgehead atoms. The molecule has 0 radical (unpaired) electrons. The van der Waals surface area contributed by atoms with Crippen molar-refractivity contribution >= 4 is 11.9 Å². The Morgan fingerprint density at radius 2 is 2.08 bits per heavy atom. The molecule has 0 spiro atoms. The molecule has 1 heterocycles. The SMILES string of the molecule is C=CC[C@@H]1C/C(=C\C(=O)OC)[C@H](OC(C)=O)[C@](OC)(C(C)(C)CO)O1. The maximum atomic E-state index is 11.8. The van der Waals surface area contributed by atoms with Crippen LogP contribution < -0.4 is 0 Å². The fraction of sp³-hybridized carbons (Fsp3) is 0.667. The summed E-state index contributed by atoms with van der Waals surface area (Å²) in [5, 5.41) is 9.89. The van der Waals surface area contributed by atoms with E-state index in [1.165, 1.54) is 27.2 Å². The van der Waals surface area contributed by atoms with Gasteiger partial charge in [0.1, 0.15) is 0 Å². The van der Waals surface area contributed by atoms with E-state index in [1.807, 2.05) is 0 Å². The highest BCUT2D eigenvalue weighted by Crippen LogP contribution is 2.47. The van der Waals surface area contributed by atoms with Gasteiger partial charge in [-0.1, -0.05) is 19.9 Å². The first-order chi connectivity index (χ1) is 11.7. The Kier molecular flexibility index (Phi) is 7.34. The number of carbonyl (C=O) groups is 2. The van der Waals surface area contributed by atoms with E-state index in [4.69, 9.17) is 18.9 Å². The number of carbonyl (C=O) groups excluding carboxylic acids is 2. The van der Waals surface area contributed by atoms with Gasteiger partial charge in [-0.25, -0.2) is 4.79 Å². The fourth-order valence-corrected chi connectivity index (χ4v) is 3.00. The third-order valence-corrected chi connectivity index (χ3v) is 4.35. The third-order valence-electron chi connectivity index (χ3n) is 4.35. The molecule has 7 heteroatoms. The summed E-state index contributed by atoms with van der Waals surface area (Å²) in [4.78, 5) is 23.5. The molecule has 0 aliphatic carbocycles. The van der Waals surface area contributed by atoms with Gasteiger partial charge in [0.15, 0.2) is 6.10 Å². The molecule has 0 aromatic rings. The van der Waals surface area contributed by atoms with Gasteiger partial charge in [0.25, 0.3) is 0 Å². The van der Waals surface area contributed by atoms with Crippen molar-refractivity contribution in [2.24, 2.45) is 5.41 Å². The number of methoxy groups -OCH3 is 2. The van der Waals surface area contributed by atoms with E-state index in [0.717, 1.165) is 0 Å². The number of rotatable bonds is 7. The predicted molar refractivity (Wildman–Crippen MR) is 90.6 cm³/mol. The van der Waals surface area contributed by atoms with Gasteiger partial charge >= 0.3 is 11.9 Å². The molecule has 0 unspecified atom stereocenters. The van der Waals surface area contributed by atoms with E-state index in [-0.39, 0.29) is 12.7 Å². The summed E-state index contributed by atoms with van der Waals surface area (Å²) in [5.41, 5.74) is -0.430. The van der Waals surface area contributed by atoms with Crippen LogP contribution in [-0.2, 0) is 28.5 Å². The average molecular weight is 356 g/mol. The number of aliphatic hydroxyl groups is 1. The Balaban J connectivity index is 3.53. The highest BCUT2D eigenvalue weighted by molar-refractivity contribution is 5.83. The Morgan fingerprint density at radius 3 is 2.52 bits per heavy atom. The van der Waals surface area contributed by atoms with Crippen LogP contribution in [0.15, 0.2) is 24.3 Å². The van der Waals surface area contributed by atoms with Crippen molar-refractivity contribution in [1.29, 1.82) is 0 Å². The van der Waals surface area contributed by atoms with E-state index in [1.54, 1.807) is 19.9 Å². The van der Waals surface area contributed by atoms with E-state index in [0.29, 0.717) is 18.4 Å².